The molecular weight excluding hydrogens is 324 g/mol. The number of nitrogens with zero attached hydrogens (tertiary/aromatic N) is 5. The third-order valence-electron chi connectivity index (χ3n) is 4.23. The van der Waals surface area contributed by atoms with Crippen LogP contribution in [0.4, 0.5) is 5.69 Å². The van der Waals surface area contributed by atoms with Crippen LogP contribution in [-0.2, 0) is 0 Å². The van der Waals surface area contributed by atoms with E-state index in [1.54, 1.807) is 0 Å². The maximum atomic E-state index is 12.5. The molecule has 2 aromatic rings. The van der Waals surface area contributed by atoms with Crippen LogP contribution in [-0.4, -0.2) is 57.0 Å². The third kappa shape index (κ3) is 3.34. The number of benzene rings is 1. The topological polar surface area (TPSA) is 119 Å². The number of nitriles is 1. The first-order valence-electron chi connectivity index (χ1n) is 7.77. The second kappa shape index (κ2) is 7.11. The van der Waals surface area contributed by atoms with Gasteiger partial charge in [0.05, 0.1) is 11.0 Å². The van der Waals surface area contributed by atoms with Gasteiger partial charge in [-0.2, -0.15) is 10.4 Å². The van der Waals surface area contributed by atoms with Gasteiger partial charge in [-0.15, -0.1) is 0 Å². The van der Waals surface area contributed by atoms with E-state index in [-0.39, 0.29) is 17.4 Å². The van der Waals surface area contributed by atoms with Crippen LogP contribution >= 0.6 is 0 Å². The Morgan fingerprint density at radius 3 is 2.56 bits per heavy atom. The van der Waals surface area contributed by atoms with E-state index >= 15 is 0 Å². The second-order valence-corrected chi connectivity index (χ2v) is 5.66. The second-order valence-electron chi connectivity index (χ2n) is 5.66. The van der Waals surface area contributed by atoms with Crippen molar-refractivity contribution in [2.45, 2.75) is 6.04 Å². The molecule has 9 heteroatoms. The zero-order chi connectivity index (χ0) is 17.8. The molecule has 2 heterocycles. The van der Waals surface area contributed by atoms with Crippen molar-refractivity contribution in [2.75, 3.05) is 26.2 Å². The van der Waals surface area contributed by atoms with Gasteiger partial charge >= 0.3 is 5.69 Å². The summed E-state index contributed by atoms with van der Waals surface area (Å²) in [7, 11) is 0. The smallest absolute Gasteiger partial charge is 0.319 e. The highest BCUT2D eigenvalue weighted by molar-refractivity contribution is 5.96. The number of hydrogen-bond acceptors (Lipinski definition) is 6. The number of rotatable bonds is 4. The molecule has 25 heavy (non-hydrogen) atoms. The minimum absolute atomic E-state index is 0.113. The lowest BCUT2D eigenvalue weighted by Crippen LogP contribution is -2.49. The lowest BCUT2D eigenvalue weighted by atomic mass is 10.1. The summed E-state index contributed by atoms with van der Waals surface area (Å²) >= 11 is 0. The Hall–Kier alpha value is -3.25. The average molecular weight is 340 g/mol. The molecule has 1 aromatic heterocycles. The Morgan fingerprint density at radius 1 is 1.28 bits per heavy atom. The van der Waals surface area contributed by atoms with Crippen molar-refractivity contribution in [1.82, 2.24) is 20.0 Å². The van der Waals surface area contributed by atoms with Gasteiger partial charge in [0.2, 0.25) is 5.69 Å². The molecule has 1 aliphatic heterocycles. The third-order valence-corrected chi connectivity index (χ3v) is 4.23. The fourth-order valence-corrected chi connectivity index (χ4v) is 2.92. The molecule has 0 unspecified atom stereocenters. The first kappa shape index (κ1) is 16.6. The normalized spacial score (nSPS) is 16.2. The van der Waals surface area contributed by atoms with Gasteiger partial charge in [0, 0.05) is 26.2 Å². The first-order chi connectivity index (χ1) is 12.1. The molecule has 0 spiro atoms. The van der Waals surface area contributed by atoms with E-state index in [9.17, 15) is 20.2 Å². The standard InChI is InChI=1S/C16H16N6O3/c17-10-13(12-4-2-1-3-5-12)20-6-8-21(9-7-20)16(23)15-14(22(24)25)11-18-19-15/h1-5,11,13H,6-9H2,(H,18,19)/t13-/m0/s1. The molecular formula is C16H16N6O3. The van der Waals surface area contributed by atoms with Crippen LogP contribution in [0, 0.1) is 21.4 Å². The van der Waals surface area contributed by atoms with Crippen molar-refractivity contribution in [1.29, 1.82) is 5.26 Å². The summed E-state index contributed by atoms with van der Waals surface area (Å²) in [6.45, 7) is 1.81. The molecule has 1 N–H and O–H groups in total. The predicted octanol–water partition coefficient (Wildman–Crippen LogP) is 1.34. The maximum Gasteiger partial charge on any atom is 0.319 e. The monoisotopic (exact) mass is 340 g/mol. The zero-order valence-corrected chi connectivity index (χ0v) is 13.3. The van der Waals surface area contributed by atoms with Gasteiger partial charge in [-0.25, -0.2) is 0 Å². The summed E-state index contributed by atoms with van der Waals surface area (Å²) in [5, 5.41) is 26.4. The minimum Gasteiger partial charge on any atom is -0.335 e. The van der Waals surface area contributed by atoms with E-state index in [1.807, 2.05) is 35.2 Å². The molecule has 128 valence electrons. The fraction of sp³-hybridized carbons (Fsp3) is 0.312. The molecule has 1 amide bonds. The van der Waals surface area contributed by atoms with E-state index in [2.05, 4.69) is 16.3 Å². The maximum absolute atomic E-state index is 12.5. The highest BCUT2D eigenvalue weighted by Crippen LogP contribution is 2.23. The number of carbonyl (C=O) groups excluding carboxylic acids is 1. The van der Waals surface area contributed by atoms with Gasteiger partial charge < -0.3 is 4.90 Å². The van der Waals surface area contributed by atoms with E-state index in [1.165, 1.54) is 4.90 Å². The quantitative estimate of drug-likeness (QED) is 0.662. The van der Waals surface area contributed by atoms with E-state index in [0.717, 1.165) is 11.8 Å². The lowest BCUT2D eigenvalue weighted by Gasteiger charge is -2.36. The molecule has 0 radical (unpaired) electrons. The first-order valence-corrected chi connectivity index (χ1v) is 7.77. The largest absolute Gasteiger partial charge is 0.335 e. The number of nitro groups is 1. The van der Waals surface area contributed by atoms with Crippen molar-refractivity contribution in [2.24, 2.45) is 0 Å². The van der Waals surface area contributed by atoms with Crippen LogP contribution in [0.15, 0.2) is 36.5 Å². The number of carbonyl (C=O) groups is 1. The number of aromatic amines is 1. The number of amides is 1. The Morgan fingerprint density at radius 2 is 1.96 bits per heavy atom. The van der Waals surface area contributed by atoms with Crippen molar-refractivity contribution >= 4 is 11.6 Å². The summed E-state index contributed by atoms with van der Waals surface area (Å²) in [6, 6.07) is 11.4. The highest BCUT2D eigenvalue weighted by atomic mass is 16.6. The number of nitrogens with one attached hydrogen (secondary N) is 1. The number of H-pyrrole nitrogens is 1. The average Bonchev–Trinajstić information content (AvgIpc) is 3.13. The molecule has 1 atom stereocenters. The summed E-state index contributed by atoms with van der Waals surface area (Å²) in [5.74, 6) is -0.447. The van der Waals surface area contributed by atoms with Crippen molar-refractivity contribution in [3.8, 4) is 6.07 Å². The summed E-state index contributed by atoms with van der Waals surface area (Å²) in [5.41, 5.74) is 0.471. The molecule has 0 bridgehead atoms. The van der Waals surface area contributed by atoms with Crippen LogP contribution in [0.3, 0.4) is 0 Å². The molecule has 1 aliphatic rings. The molecule has 1 saturated heterocycles. The van der Waals surface area contributed by atoms with E-state index < -0.39 is 10.8 Å². The van der Waals surface area contributed by atoms with E-state index in [0.29, 0.717) is 26.2 Å². The SMILES string of the molecule is N#C[C@@H](c1ccccc1)N1CCN(C(=O)c2[nH]ncc2[N+](=O)[O-])CC1. The number of hydrogen-bond donors (Lipinski definition) is 1. The molecule has 3 rings (SSSR count). The molecule has 0 saturated carbocycles. The van der Waals surface area contributed by atoms with Gasteiger partial charge in [-0.05, 0) is 5.56 Å². The van der Waals surface area contributed by atoms with E-state index in [4.69, 9.17) is 0 Å². The Balaban J connectivity index is 1.67. The molecule has 1 aromatic carbocycles. The molecule has 9 nitrogen and oxygen atoms in total. The van der Waals surface area contributed by atoms with Crippen molar-refractivity contribution in [3.05, 3.63) is 57.9 Å². The zero-order valence-electron chi connectivity index (χ0n) is 13.3. The van der Waals surface area contributed by atoms with Crippen molar-refractivity contribution in [3.63, 3.8) is 0 Å². The van der Waals surface area contributed by atoms with Gasteiger partial charge in [0.25, 0.3) is 5.91 Å². The van der Waals surface area contributed by atoms with Gasteiger partial charge in [-0.3, -0.25) is 24.9 Å². The Kier molecular flexibility index (Phi) is 4.72. The fourth-order valence-electron chi connectivity index (χ4n) is 2.92. The molecule has 1 fully saturated rings. The van der Waals surface area contributed by atoms with Gasteiger partial charge in [0.15, 0.2) is 0 Å². The summed E-state index contributed by atoms with van der Waals surface area (Å²) in [6.07, 6.45) is 1.03. The van der Waals surface area contributed by atoms with Crippen LogP contribution < -0.4 is 0 Å². The summed E-state index contributed by atoms with van der Waals surface area (Å²) in [4.78, 5) is 26.3. The van der Waals surface area contributed by atoms with Crippen LogP contribution in [0.25, 0.3) is 0 Å². The van der Waals surface area contributed by atoms with Gasteiger partial charge in [-0.1, -0.05) is 30.3 Å². The van der Waals surface area contributed by atoms with Gasteiger partial charge in [0.1, 0.15) is 12.2 Å². The predicted molar refractivity (Wildman–Crippen MR) is 87.5 cm³/mol. The van der Waals surface area contributed by atoms with Crippen LogP contribution in [0.1, 0.15) is 22.1 Å². The van der Waals surface area contributed by atoms with Crippen LogP contribution in [0.2, 0.25) is 0 Å². The van der Waals surface area contributed by atoms with Crippen molar-refractivity contribution < 1.29 is 9.72 Å². The summed E-state index contributed by atoms with van der Waals surface area (Å²) < 4.78 is 0. The van der Waals surface area contributed by atoms with Crippen LogP contribution in [0.5, 0.6) is 0 Å². The number of aromatic nitrogens is 2. The minimum atomic E-state index is -0.631. The Labute approximate surface area is 143 Å². The number of piperazine rings is 1. The Bertz CT molecular complexity index is 805. The lowest BCUT2D eigenvalue weighted by molar-refractivity contribution is -0.385. The highest BCUT2D eigenvalue weighted by Gasteiger charge is 2.31. The molecule has 0 aliphatic carbocycles.